The third kappa shape index (κ3) is 9.31. The number of H-pyrrole nitrogens is 1. The van der Waals surface area contributed by atoms with Crippen LogP contribution in [0.4, 0.5) is 28.4 Å². The number of ether oxygens (including phenoxy) is 3. The van der Waals surface area contributed by atoms with Gasteiger partial charge in [0.05, 0.1) is 53.6 Å². The van der Waals surface area contributed by atoms with Crippen LogP contribution in [0.5, 0.6) is 5.88 Å². The smallest absolute Gasteiger partial charge is 0.293 e. The molecule has 2 unspecified atom stereocenters. The van der Waals surface area contributed by atoms with Gasteiger partial charge in [-0.05, 0) is 110 Å². The number of anilines is 4. The SMILES string of the molecule is O=C(NS(=O)(=O)c1ccc(NC[C@H]2COCCO2)c([N+](=O)[O-])c1)c1ccc(N2CCN(CC3=C(c4ccc(Cl)cc4)CC4CCCC4C3)CC2)cc1N1CCCOc2nc3[nH]ccc3cc21. The number of amides is 1. The summed E-state index contributed by atoms with van der Waals surface area (Å²) in [7, 11) is -4.59. The number of benzene rings is 3. The maximum absolute atomic E-state index is 14.4. The second-order valence-corrected chi connectivity index (χ2v) is 19.9. The summed E-state index contributed by atoms with van der Waals surface area (Å²) in [6.45, 7) is 6.41. The van der Waals surface area contributed by atoms with Gasteiger partial charge in [0.15, 0.2) is 0 Å². The average molecular weight is 938 g/mol. The van der Waals surface area contributed by atoms with Gasteiger partial charge in [0, 0.05) is 74.2 Å². The molecule has 10 rings (SSSR count). The molecular weight excluding hydrogens is 884 g/mol. The third-order valence-electron chi connectivity index (χ3n) is 13.7. The van der Waals surface area contributed by atoms with Gasteiger partial charge in [-0.15, -0.1) is 0 Å². The minimum Gasteiger partial charge on any atom is -0.476 e. The number of allylic oxidation sites excluding steroid dienone is 1. The number of pyridine rings is 1. The van der Waals surface area contributed by atoms with E-state index in [1.807, 2.05) is 41.3 Å². The van der Waals surface area contributed by atoms with Crippen LogP contribution in [0.2, 0.25) is 5.02 Å². The lowest BCUT2D eigenvalue weighted by molar-refractivity contribution is -0.384. The number of aromatic nitrogens is 2. The molecule has 5 aliphatic rings. The number of piperazine rings is 1. The number of hydrogen-bond acceptors (Lipinski definition) is 13. The molecule has 1 saturated carbocycles. The first-order chi connectivity index (χ1) is 32.1. The summed E-state index contributed by atoms with van der Waals surface area (Å²) in [5.74, 6) is 1.01. The van der Waals surface area contributed by atoms with E-state index in [9.17, 15) is 23.3 Å². The molecule has 0 spiro atoms. The van der Waals surface area contributed by atoms with E-state index in [0.29, 0.717) is 62.3 Å². The lowest BCUT2D eigenvalue weighted by Gasteiger charge is -2.39. The topological polar surface area (TPSA) is 185 Å². The van der Waals surface area contributed by atoms with Crippen molar-refractivity contribution < 1.29 is 32.3 Å². The fourth-order valence-corrected chi connectivity index (χ4v) is 11.4. The Morgan fingerprint density at radius 1 is 0.909 bits per heavy atom. The number of hydrogen-bond donors (Lipinski definition) is 3. The van der Waals surface area contributed by atoms with Crippen molar-refractivity contribution in [2.24, 2.45) is 11.8 Å². The van der Waals surface area contributed by atoms with E-state index in [1.54, 1.807) is 12.3 Å². The maximum atomic E-state index is 14.4. The summed E-state index contributed by atoms with van der Waals surface area (Å²) in [5, 5.41) is 16.8. The van der Waals surface area contributed by atoms with E-state index in [4.69, 9.17) is 30.8 Å². The van der Waals surface area contributed by atoms with Crippen LogP contribution in [0.1, 0.15) is 54.4 Å². The van der Waals surface area contributed by atoms with Crippen molar-refractivity contribution in [1.82, 2.24) is 19.6 Å². The molecular formula is C48H53ClN8O8S. The number of carbonyl (C=O) groups is 1. The van der Waals surface area contributed by atoms with Crippen molar-refractivity contribution in [1.29, 1.82) is 0 Å². The van der Waals surface area contributed by atoms with Crippen LogP contribution in [0.3, 0.4) is 0 Å². The summed E-state index contributed by atoms with van der Waals surface area (Å²) in [4.78, 5) is 40.2. The molecule has 0 radical (unpaired) electrons. The average Bonchev–Trinajstić information content (AvgIpc) is 3.94. The van der Waals surface area contributed by atoms with Crippen LogP contribution in [0, 0.1) is 22.0 Å². The summed E-state index contributed by atoms with van der Waals surface area (Å²) in [5.41, 5.74) is 6.73. The first-order valence-corrected chi connectivity index (χ1v) is 24.7. The van der Waals surface area contributed by atoms with Crippen molar-refractivity contribution in [2.45, 2.75) is 49.5 Å². The maximum Gasteiger partial charge on any atom is 0.293 e. The van der Waals surface area contributed by atoms with Gasteiger partial charge in [-0.1, -0.05) is 35.7 Å². The Kier molecular flexibility index (Phi) is 12.6. The van der Waals surface area contributed by atoms with Crippen molar-refractivity contribution in [3.63, 3.8) is 0 Å². The molecule has 3 aliphatic heterocycles. The Bertz CT molecular complexity index is 2770. The second-order valence-electron chi connectivity index (χ2n) is 17.8. The first-order valence-electron chi connectivity index (χ1n) is 22.8. The number of fused-ring (bicyclic) bond motifs is 3. The zero-order valence-corrected chi connectivity index (χ0v) is 38.1. The van der Waals surface area contributed by atoms with Gasteiger partial charge < -0.3 is 34.3 Å². The number of rotatable bonds is 12. The Balaban J connectivity index is 0.919. The molecule has 18 heteroatoms. The van der Waals surface area contributed by atoms with E-state index in [0.717, 1.165) is 79.6 Å². The van der Waals surface area contributed by atoms with Gasteiger partial charge in [0.1, 0.15) is 17.0 Å². The largest absolute Gasteiger partial charge is 0.476 e. The number of carbonyl (C=O) groups excluding carboxylic acids is 1. The second kappa shape index (κ2) is 18.9. The summed E-state index contributed by atoms with van der Waals surface area (Å²) in [6, 6.07) is 21.2. The molecule has 3 fully saturated rings. The summed E-state index contributed by atoms with van der Waals surface area (Å²) < 4.78 is 47.3. The van der Waals surface area contributed by atoms with Gasteiger partial charge >= 0.3 is 0 Å². The Labute approximate surface area is 388 Å². The Morgan fingerprint density at radius 3 is 2.52 bits per heavy atom. The molecule has 3 N–H and O–H groups in total. The highest BCUT2D eigenvalue weighted by atomic mass is 35.5. The van der Waals surface area contributed by atoms with Gasteiger partial charge in [-0.25, -0.2) is 13.1 Å². The predicted octanol–water partition coefficient (Wildman–Crippen LogP) is 7.78. The first kappa shape index (κ1) is 44.1. The quantitative estimate of drug-likeness (QED) is 0.0815. The molecule has 3 atom stereocenters. The predicted molar refractivity (Wildman–Crippen MR) is 254 cm³/mol. The van der Waals surface area contributed by atoms with E-state index in [-0.39, 0.29) is 23.9 Å². The van der Waals surface area contributed by atoms with Gasteiger partial charge in [0.25, 0.3) is 21.6 Å². The van der Waals surface area contributed by atoms with Crippen LogP contribution in [0.15, 0.2) is 89.5 Å². The molecule has 5 aromatic rings. The molecule has 3 aromatic carbocycles. The van der Waals surface area contributed by atoms with Crippen LogP contribution in [0.25, 0.3) is 16.6 Å². The fraction of sp³-hybridized carbons (Fsp3) is 0.417. The van der Waals surface area contributed by atoms with Gasteiger partial charge in [-0.2, -0.15) is 4.98 Å². The molecule has 2 aliphatic carbocycles. The minimum atomic E-state index is -4.59. The van der Waals surface area contributed by atoms with E-state index in [2.05, 4.69) is 37.0 Å². The van der Waals surface area contributed by atoms with E-state index >= 15 is 0 Å². The monoisotopic (exact) mass is 936 g/mol. The number of aromatic amines is 1. The lowest BCUT2D eigenvalue weighted by atomic mass is 9.75. The standard InChI is InChI=1S/C48H53ClN8O8S/c49-36-7-5-31(6-8-36)41-24-33-4-1-3-32(33)23-35(41)29-54-16-18-55(19-17-54)37-9-11-40(43(26-37)56-15-2-20-65-48-45(56)25-34-13-14-50-46(34)52-48)47(58)53-66(61,62)39-10-12-42(44(27-39)57(59)60)51-28-38-30-63-21-22-64-38/h5-14,25-27,32-33,38,51H,1-4,15-24,28-30H2,(H,50,52)(H,53,58)/t32?,33?,38-/m0/s1. The van der Waals surface area contributed by atoms with Gasteiger partial charge in [-0.3, -0.25) is 19.8 Å². The number of halogens is 1. The molecule has 2 aromatic heterocycles. The Hall–Kier alpha value is -5.72. The molecule has 2 saturated heterocycles. The van der Waals surface area contributed by atoms with E-state index in [1.165, 1.54) is 48.1 Å². The molecule has 66 heavy (non-hydrogen) atoms. The summed E-state index contributed by atoms with van der Waals surface area (Å²) >= 11 is 6.30. The van der Waals surface area contributed by atoms with Crippen LogP contribution < -0.4 is 24.6 Å². The van der Waals surface area contributed by atoms with Crippen LogP contribution >= 0.6 is 11.6 Å². The number of nitrogens with zero attached hydrogens (tertiary/aromatic N) is 5. The normalized spacial score (nSPS) is 21.5. The number of nitro benzene ring substituents is 1. The van der Waals surface area contributed by atoms with Crippen molar-refractivity contribution in [3.05, 3.63) is 111 Å². The highest BCUT2D eigenvalue weighted by molar-refractivity contribution is 7.90. The van der Waals surface area contributed by atoms with Crippen molar-refractivity contribution in [2.75, 3.05) is 87.4 Å². The molecule has 346 valence electrons. The summed E-state index contributed by atoms with van der Waals surface area (Å²) in [6.07, 6.45) is 8.26. The number of nitro groups is 1. The highest BCUT2D eigenvalue weighted by Crippen LogP contribution is 2.48. The molecule has 1 amide bonds. The zero-order chi connectivity index (χ0) is 45.4. The zero-order valence-electron chi connectivity index (χ0n) is 36.5. The molecule has 16 nitrogen and oxygen atoms in total. The van der Waals surface area contributed by atoms with Gasteiger partial charge in [0.2, 0.25) is 5.88 Å². The molecule has 0 bridgehead atoms. The van der Waals surface area contributed by atoms with Crippen molar-refractivity contribution in [3.8, 4) is 5.88 Å². The third-order valence-corrected chi connectivity index (χ3v) is 15.3. The molecule has 5 heterocycles. The van der Waals surface area contributed by atoms with Crippen molar-refractivity contribution >= 4 is 72.6 Å². The minimum absolute atomic E-state index is 0.106. The lowest BCUT2D eigenvalue weighted by Crippen LogP contribution is -2.47. The Morgan fingerprint density at radius 2 is 1.73 bits per heavy atom. The number of nitrogens with one attached hydrogen (secondary N) is 3. The fourth-order valence-electron chi connectivity index (χ4n) is 10.3. The van der Waals surface area contributed by atoms with Crippen LogP contribution in [-0.4, -0.2) is 112 Å². The highest BCUT2D eigenvalue weighted by Gasteiger charge is 2.35. The van der Waals surface area contributed by atoms with E-state index < -0.39 is 31.4 Å². The van der Waals surface area contributed by atoms with Crippen LogP contribution in [-0.2, 0) is 19.5 Å². The number of sulfonamides is 1.